The minimum Gasteiger partial charge on any atom is -0.497 e. The summed E-state index contributed by atoms with van der Waals surface area (Å²) in [4.78, 5) is 13.6. The minimum absolute atomic E-state index is 0.308. The van der Waals surface area contributed by atoms with Crippen LogP contribution in [0.25, 0.3) is 22.0 Å². The van der Waals surface area contributed by atoms with Crippen molar-refractivity contribution in [2.24, 2.45) is 0 Å². The lowest BCUT2D eigenvalue weighted by molar-refractivity contribution is 0.0507. The lowest BCUT2D eigenvalue weighted by Crippen LogP contribution is -2.18. The summed E-state index contributed by atoms with van der Waals surface area (Å²) in [6.07, 6.45) is 6.11. The van der Waals surface area contributed by atoms with Gasteiger partial charge in [-0.05, 0) is 85.9 Å². The molecular weight excluding hydrogens is 530 g/mol. The number of ether oxygens (including phenoxy) is 5. The summed E-state index contributed by atoms with van der Waals surface area (Å²) in [6.45, 7) is 4.57. The second-order valence-electron chi connectivity index (χ2n) is 10.8. The van der Waals surface area contributed by atoms with Crippen LogP contribution in [0.2, 0.25) is 0 Å². The van der Waals surface area contributed by atoms with Gasteiger partial charge < -0.3 is 28.3 Å². The van der Waals surface area contributed by atoms with Gasteiger partial charge in [-0.3, -0.25) is 0 Å². The Kier molecular flexibility index (Phi) is 8.65. The number of aryl methyl sites for hydroxylation is 2. The summed E-state index contributed by atoms with van der Waals surface area (Å²) in [6, 6.07) is 18.6. The summed E-state index contributed by atoms with van der Waals surface area (Å²) in [7, 11) is 1.66. The molecule has 6 rings (SSSR count). The molecule has 0 radical (unpaired) electrons. The smallest absolute Gasteiger partial charge is 0.355 e. The molecule has 0 fully saturated rings. The Labute approximate surface area is 247 Å². The highest BCUT2D eigenvalue weighted by molar-refractivity contribution is 6.04. The van der Waals surface area contributed by atoms with Crippen LogP contribution in [0.4, 0.5) is 0 Å². The van der Waals surface area contributed by atoms with E-state index in [1.807, 2.05) is 25.1 Å². The Balaban J connectivity index is 1.39. The van der Waals surface area contributed by atoms with Gasteiger partial charge in [-0.25, -0.2) is 4.79 Å². The Morgan fingerprint density at radius 1 is 1.00 bits per heavy atom. The number of carbonyl (C=O) groups is 1. The molecule has 4 aromatic rings. The maximum atomic E-state index is 13.6. The topological polar surface area (TPSA) is 68.2 Å². The maximum Gasteiger partial charge on any atom is 0.355 e. The first-order valence-corrected chi connectivity index (χ1v) is 15.1. The highest BCUT2D eigenvalue weighted by Crippen LogP contribution is 2.39. The molecule has 0 amide bonds. The van der Waals surface area contributed by atoms with Gasteiger partial charge in [0.15, 0.2) is 0 Å². The fourth-order valence-corrected chi connectivity index (χ4v) is 6.34. The average Bonchev–Trinajstić information content (AvgIpc) is 3.33. The van der Waals surface area contributed by atoms with Crippen molar-refractivity contribution in [3.63, 3.8) is 0 Å². The monoisotopic (exact) mass is 569 g/mol. The molecule has 0 saturated carbocycles. The summed E-state index contributed by atoms with van der Waals surface area (Å²) >= 11 is 0. The van der Waals surface area contributed by atoms with E-state index in [0.29, 0.717) is 57.4 Å². The number of para-hydroxylation sites is 1. The largest absolute Gasteiger partial charge is 0.497 e. The van der Waals surface area contributed by atoms with Crippen molar-refractivity contribution < 1.29 is 28.5 Å². The van der Waals surface area contributed by atoms with Crippen molar-refractivity contribution in [3.05, 3.63) is 77.0 Å². The van der Waals surface area contributed by atoms with Crippen molar-refractivity contribution >= 4 is 16.9 Å². The zero-order chi connectivity index (χ0) is 28.9. The SMILES string of the molecule is CCOC(=O)c1c(CCCOc2cccc3c2CCCC3)c2cccc3c2n1CCOCCOc1cc(OC)cc-3c1. The van der Waals surface area contributed by atoms with Crippen LogP contribution in [0.5, 0.6) is 17.2 Å². The fourth-order valence-electron chi connectivity index (χ4n) is 6.34. The standard InChI is InChI=1S/C35H39NO6/c1-3-40-35(37)34-31(14-8-17-42-32-15-6-10-24-9-4-5-11-28(24)32)30-13-7-12-29-25-21-26(38-2)23-27(22-25)41-20-19-39-18-16-36(34)33(29)30/h6-7,10,12-13,15,21-23H,3-5,8-9,11,14,16-20H2,1-2H3. The number of esters is 1. The van der Waals surface area contributed by atoms with Gasteiger partial charge in [0, 0.05) is 23.6 Å². The lowest BCUT2D eigenvalue weighted by Gasteiger charge is -2.19. The molecule has 1 aliphatic heterocycles. The van der Waals surface area contributed by atoms with Crippen molar-refractivity contribution in [2.45, 2.75) is 52.0 Å². The van der Waals surface area contributed by atoms with E-state index in [2.05, 4.69) is 41.0 Å². The van der Waals surface area contributed by atoms with Gasteiger partial charge in [-0.1, -0.05) is 30.3 Å². The molecule has 0 N–H and O–H groups in total. The van der Waals surface area contributed by atoms with Gasteiger partial charge in [-0.2, -0.15) is 0 Å². The summed E-state index contributed by atoms with van der Waals surface area (Å²) in [5, 5.41) is 1.04. The molecule has 2 bridgehead atoms. The van der Waals surface area contributed by atoms with Gasteiger partial charge in [0.05, 0.1) is 39.1 Å². The van der Waals surface area contributed by atoms with E-state index in [9.17, 15) is 4.79 Å². The van der Waals surface area contributed by atoms with Gasteiger partial charge in [0.25, 0.3) is 0 Å². The summed E-state index contributed by atoms with van der Waals surface area (Å²) in [5.41, 5.74) is 7.30. The van der Waals surface area contributed by atoms with E-state index in [4.69, 9.17) is 23.7 Å². The molecular formula is C35H39NO6. The zero-order valence-electron chi connectivity index (χ0n) is 24.6. The molecule has 3 aromatic carbocycles. The maximum absolute atomic E-state index is 13.6. The molecule has 220 valence electrons. The Bertz CT molecular complexity index is 1570. The molecule has 1 aliphatic carbocycles. The highest BCUT2D eigenvalue weighted by atomic mass is 16.5. The first-order valence-electron chi connectivity index (χ1n) is 15.1. The van der Waals surface area contributed by atoms with E-state index in [1.54, 1.807) is 7.11 Å². The van der Waals surface area contributed by atoms with Crippen molar-refractivity contribution in [1.29, 1.82) is 0 Å². The quantitative estimate of drug-likeness (QED) is 0.172. The van der Waals surface area contributed by atoms with Gasteiger partial charge >= 0.3 is 5.97 Å². The third kappa shape index (κ3) is 5.71. The minimum atomic E-state index is -0.311. The number of hydrogen-bond acceptors (Lipinski definition) is 6. The number of rotatable bonds is 8. The van der Waals surface area contributed by atoms with E-state index >= 15 is 0 Å². The second-order valence-corrected chi connectivity index (χ2v) is 10.8. The molecule has 7 nitrogen and oxygen atoms in total. The first kappa shape index (κ1) is 28.2. The predicted octanol–water partition coefficient (Wildman–Crippen LogP) is 6.79. The molecule has 1 aromatic heterocycles. The number of nitrogens with zero attached hydrogens (tertiary/aromatic N) is 1. The highest BCUT2D eigenvalue weighted by Gasteiger charge is 2.26. The molecule has 7 heteroatoms. The van der Waals surface area contributed by atoms with E-state index < -0.39 is 0 Å². The molecule has 0 saturated heterocycles. The molecule has 2 aliphatic rings. The van der Waals surface area contributed by atoms with Crippen LogP contribution in [0.15, 0.2) is 54.6 Å². The number of hydrogen-bond donors (Lipinski definition) is 0. The van der Waals surface area contributed by atoms with E-state index in [-0.39, 0.29) is 5.97 Å². The van der Waals surface area contributed by atoms with Crippen LogP contribution in [0.1, 0.15) is 53.4 Å². The molecule has 2 heterocycles. The molecule has 0 unspecified atom stereocenters. The second kappa shape index (κ2) is 12.9. The van der Waals surface area contributed by atoms with Crippen molar-refractivity contribution in [1.82, 2.24) is 4.57 Å². The van der Waals surface area contributed by atoms with E-state index in [1.165, 1.54) is 24.0 Å². The number of benzene rings is 3. The summed E-state index contributed by atoms with van der Waals surface area (Å²) in [5.74, 6) is 2.12. The number of aromatic nitrogens is 1. The lowest BCUT2D eigenvalue weighted by atomic mass is 9.91. The normalized spacial score (nSPS) is 14.7. The fraction of sp³-hybridized carbons (Fsp3) is 0.400. The zero-order valence-corrected chi connectivity index (χ0v) is 24.6. The third-order valence-electron chi connectivity index (χ3n) is 8.22. The van der Waals surface area contributed by atoms with Crippen LogP contribution in [-0.4, -0.2) is 50.7 Å². The van der Waals surface area contributed by atoms with Gasteiger partial charge in [0.1, 0.15) is 29.5 Å². The van der Waals surface area contributed by atoms with Crippen molar-refractivity contribution in [3.8, 4) is 28.4 Å². The first-order chi connectivity index (χ1) is 20.7. The van der Waals surface area contributed by atoms with E-state index in [0.717, 1.165) is 58.4 Å². The number of methoxy groups -OCH3 is 1. The molecule has 42 heavy (non-hydrogen) atoms. The number of fused-ring (bicyclic) bond motifs is 4. The van der Waals surface area contributed by atoms with Gasteiger partial charge in [0.2, 0.25) is 0 Å². The molecule has 0 spiro atoms. The Morgan fingerprint density at radius 2 is 1.88 bits per heavy atom. The summed E-state index contributed by atoms with van der Waals surface area (Å²) < 4.78 is 31.6. The van der Waals surface area contributed by atoms with Crippen LogP contribution >= 0.6 is 0 Å². The van der Waals surface area contributed by atoms with Crippen LogP contribution < -0.4 is 14.2 Å². The van der Waals surface area contributed by atoms with Crippen LogP contribution in [0, 0.1) is 0 Å². The Hall–Kier alpha value is -3.97. The van der Waals surface area contributed by atoms with Gasteiger partial charge in [-0.15, -0.1) is 0 Å². The van der Waals surface area contributed by atoms with Crippen LogP contribution in [0.3, 0.4) is 0 Å². The number of carbonyl (C=O) groups excluding carboxylic acids is 1. The van der Waals surface area contributed by atoms with Crippen LogP contribution in [-0.2, 0) is 35.3 Å². The third-order valence-corrected chi connectivity index (χ3v) is 8.22. The predicted molar refractivity (Wildman–Crippen MR) is 163 cm³/mol. The van der Waals surface area contributed by atoms with Crippen molar-refractivity contribution in [2.75, 3.05) is 40.1 Å². The Morgan fingerprint density at radius 3 is 2.76 bits per heavy atom. The molecule has 0 atom stereocenters. The average molecular weight is 570 g/mol.